The zero-order valence-electron chi connectivity index (χ0n) is 14.9. The maximum Gasteiger partial charge on any atom is 0.245 e. The standard InChI is InChI=1S/C20H20ClN3O2S/c1-23-14-17(13-22-23)16-9-10-20(18(21)12-16)27(25,26)24-11-5-8-19(24)15-6-3-2-4-7-15/h2-4,6-7,9-10,12-14,19H,5,8,11H2,1H3. The molecule has 140 valence electrons. The summed E-state index contributed by atoms with van der Waals surface area (Å²) >= 11 is 6.41. The second-order valence-electron chi connectivity index (χ2n) is 6.73. The molecule has 2 heterocycles. The van der Waals surface area contributed by atoms with Crippen LogP contribution < -0.4 is 0 Å². The number of sulfonamides is 1. The van der Waals surface area contributed by atoms with E-state index in [-0.39, 0.29) is 16.0 Å². The molecule has 0 bridgehead atoms. The minimum atomic E-state index is -3.68. The SMILES string of the molecule is Cn1cc(-c2ccc(S(=O)(=O)N3CCCC3c3ccccc3)c(Cl)c2)cn1. The third-order valence-corrected chi connectivity index (χ3v) is 7.34. The van der Waals surface area contributed by atoms with E-state index in [4.69, 9.17) is 11.6 Å². The van der Waals surface area contributed by atoms with Gasteiger partial charge in [-0.05, 0) is 36.1 Å². The summed E-state index contributed by atoms with van der Waals surface area (Å²) in [5, 5.41) is 4.38. The Kier molecular flexibility index (Phi) is 4.80. The van der Waals surface area contributed by atoms with Gasteiger partial charge < -0.3 is 0 Å². The second-order valence-corrected chi connectivity index (χ2v) is 9.00. The minimum Gasteiger partial charge on any atom is -0.275 e. The fraction of sp³-hybridized carbons (Fsp3) is 0.250. The Labute approximate surface area is 164 Å². The molecule has 1 aromatic heterocycles. The van der Waals surface area contributed by atoms with Crippen molar-refractivity contribution < 1.29 is 8.42 Å². The molecular weight excluding hydrogens is 382 g/mol. The first-order valence-electron chi connectivity index (χ1n) is 8.82. The Hall–Kier alpha value is -2.15. The van der Waals surface area contributed by atoms with E-state index in [1.165, 1.54) is 0 Å². The summed E-state index contributed by atoms with van der Waals surface area (Å²) in [6, 6.07) is 14.7. The van der Waals surface area contributed by atoms with Gasteiger partial charge in [0.05, 0.1) is 17.3 Å². The van der Waals surface area contributed by atoms with Crippen molar-refractivity contribution in [3.63, 3.8) is 0 Å². The van der Waals surface area contributed by atoms with Gasteiger partial charge in [0, 0.05) is 25.4 Å². The molecule has 0 amide bonds. The summed E-state index contributed by atoms with van der Waals surface area (Å²) in [6.07, 6.45) is 5.25. The second kappa shape index (κ2) is 7.11. The highest BCUT2D eigenvalue weighted by Crippen LogP contribution is 2.38. The van der Waals surface area contributed by atoms with Crippen LogP contribution in [0.25, 0.3) is 11.1 Å². The third-order valence-electron chi connectivity index (χ3n) is 4.94. The molecule has 2 aromatic carbocycles. The Morgan fingerprint density at radius 2 is 1.89 bits per heavy atom. The number of aryl methyl sites for hydroxylation is 1. The van der Waals surface area contributed by atoms with E-state index in [2.05, 4.69) is 5.10 Å². The van der Waals surface area contributed by atoms with E-state index in [9.17, 15) is 8.42 Å². The summed E-state index contributed by atoms with van der Waals surface area (Å²) in [7, 11) is -1.85. The normalized spacial score (nSPS) is 18.1. The Morgan fingerprint density at radius 3 is 2.56 bits per heavy atom. The molecule has 1 aliphatic heterocycles. The van der Waals surface area contributed by atoms with Gasteiger partial charge in [-0.15, -0.1) is 0 Å². The lowest BCUT2D eigenvalue weighted by atomic mass is 10.1. The van der Waals surface area contributed by atoms with Gasteiger partial charge in [0.25, 0.3) is 0 Å². The molecule has 0 N–H and O–H groups in total. The highest BCUT2D eigenvalue weighted by molar-refractivity contribution is 7.89. The van der Waals surface area contributed by atoms with Crippen molar-refractivity contribution in [3.8, 4) is 11.1 Å². The summed E-state index contributed by atoms with van der Waals surface area (Å²) in [5.41, 5.74) is 2.75. The van der Waals surface area contributed by atoms with Crippen molar-refractivity contribution in [1.29, 1.82) is 0 Å². The van der Waals surface area contributed by atoms with Crippen LogP contribution in [-0.2, 0) is 17.1 Å². The molecule has 0 aliphatic carbocycles. The van der Waals surface area contributed by atoms with Gasteiger partial charge >= 0.3 is 0 Å². The summed E-state index contributed by atoms with van der Waals surface area (Å²) in [5.74, 6) is 0. The fourth-order valence-electron chi connectivity index (χ4n) is 3.62. The van der Waals surface area contributed by atoms with Gasteiger partial charge in [-0.1, -0.05) is 48.0 Å². The fourth-order valence-corrected chi connectivity index (χ4v) is 5.82. The number of hydrogen-bond donors (Lipinski definition) is 0. The molecule has 1 fully saturated rings. The van der Waals surface area contributed by atoms with Crippen LogP contribution in [0.15, 0.2) is 65.8 Å². The Bertz CT molecular complexity index is 1060. The molecule has 7 heteroatoms. The van der Waals surface area contributed by atoms with E-state index < -0.39 is 10.0 Å². The van der Waals surface area contributed by atoms with Crippen molar-refractivity contribution in [2.75, 3.05) is 6.54 Å². The van der Waals surface area contributed by atoms with Crippen molar-refractivity contribution in [1.82, 2.24) is 14.1 Å². The molecular formula is C20H20ClN3O2S. The van der Waals surface area contributed by atoms with Crippen molar-refractivity contribution in [3.05, 3.63) is 71.5 Å². The topological polar surface area (TPSA) is 55.2 Å². The average Bonchev–Trinajstić information content (AvgIpc) is 3.31. The zero-order valence-corrected chi connectivity index (χ0v) is 16.5. The van der Waals surface area contributed by atoms with Crippen LogP contribution in [0, 0.1) is 0 Å². The van der Waals surface area contributed by atoms with Crippen LogP contribution in [0.4, 0.5) is 0 Å². The largest absolute Gasteiger partial charge is 0.275 e. The average molecular weight is 402 g/mol. The number of halogens is 1. The number of benzene rings is 2. The molecule has 3 aromatic rings. The third kappa shape index (κ3) is 3.40. The highest BCUT2D eigenvalue weighted by Gasteiger charge is 2.37. The van der Waals surface area contributed by atoms with Gasteiger partial charge in [0.2, 0.25) is 10.0 Å². The molecule has 27 heavy (non-hydrogen) atoms. The van der Waals surface area contributed by atoms with Crippen LogP contribution in [0.3, 0.4) is 0 Å². The monoisotopic (exact) mass is 401 g/mol. The van der Waals surface area contributed by atoms with Crippen LogP contribution >= 0.6 is 11.6 Å². The number of aromatic nitrogens is 2. The molecule has 0 radical (unpaired) electrons. The number of nitrogens with zero attached hydrogens (tertiary/aromatic N) is 3. The van der Waals surface area contributed by atoms with E-state index >= 15 is 0 Å². The molecule has 1 aliphatic rings. The van der Waals surface area contributed by atoms with Gasteiger partial charge in [-0.2, -0.15) is 9.40 Å². The van der Waals surface area contributed by atoms with Crippen LogP contribution in [0.1, 0.15) is 24.4 Å². The summed E-state index contributed by atoms with van der Waals surface area (Å²) < 4.78 is 29.9. The van der Waals surface area contributed by atoms with Crippen LogP contribution in [0.2, 0.25) is 5.02 Å². The molecule has 1 unspecified atom stereocenters. The van der Waals surface area contributed by atoms with Crippen molar-refractivity contribution in [2.24, 2.45) is 7.05 Å². The first kappa shape index (κ1) is 18.2. The number of rotatable bonds is 4. The quantitative estimate of drug-likeness (QED) is 0.656. The van der Waals surface area contributed by atoms with Crippen molar-refractivity contribution >= 4 is 21.6 Å². The van der Waals surface area contributed by atoms with Gasteiger partial charge in [-0.3, -0.25) is 4.68 Å². The zero-order chi connectivity index (χ0) is 19.0. The van der Waals surface area contributed by atoms with Crippen LogP contribution in [-0.4, -0.2) is 29.0 Å². The van der Waals surface area contributed by atoms with Gasteiger partial charge in [-0.25, -0.2) is 8.42 Å². The van der Waals surface area contributed by atoms with Gasteiger partial charge in [0.1, 0.15) is 4.90 Å². The lowest BCUT2D eigenvalue weighted by molar-refractivity contribution is 0.397. The number of hydrogen-bond acceptors (Lipinski definition) is 3. The van der Waals surface area contributed by atoms with E-state index in [1.54, 1.807) is 33.4 Å². The maximum atomic E-state index is 13.3. The molecule has 0 saturated carbocycles. The van der Waals surface area contributed by atoms with Gasteiger partial charge in [0.15, 0.2) is 0 Å². The Morgan fingerprint density at radius 1 is 1.11 bits per heavy atom. The van der Waals surface area contributed by atoms with E-state index in [1.807, 2.05) is 43.6 Å². The maximum absolute atomic E-state index is 13.3. The minimum absolute atomic E-state index is 0.148. The van der Waals surface area contributed by atoms with Crippen LogP contribution in [0.5, 0.6) is 0 Å². The Balaban J connectivity index is 1.69. The van der Waals surface area contributed by atoms with E-state index in [0.29, 0.717) is 6.54 Å². The summed E-state index contributed by atoms with van der Waals surface area (Å²) in [6.45, 7) is 0.503. The molecule has 4 rings (SSSR count). The predicted octanol–water partition coefficient (Wildman–Crippen LogP) is 4.27. The first-order chi connectivity index (χ1) is 13.0. The predicted molar refractivity (Wildman–Crippen MR) is 106 cm³/mol. The molecule has 1 atom stereocenters. The summed E-state index contributed by atoms with van der Waals surface area (Å²) in [4.78, 5) is 0.152. The molecule has 5 nitrogen and oxygen atoms in total. The molecule has 0 spiro atoms. The van der Waals surface area contributed by atoms with Crippen molar-refractivity contribution in [2.45, 2.75) is 23.8 Å². The lowest BCUT2D eigenvalue weighted by Gasteiger charge is -2.25. The van der Waals surface area contributed by atoms with E-state index in [0.717, 1.165) is 29.5 Å². The lowest BCUT2D eigenvalue weighted by Crippen LogP contribution is -2.30. The highest BCUT2D eigenvalue weighted by atomic mass is 35.5. The first-order valence-corrected chi connectivity index (χ1v) is 10.6. The molecule has 1 saturated heterocycles. The smallest absolute Gasteiger partial charge is 0.245 e.